The summed E-state index contributed by atoms with van der Waals surface area (Å²) < 4.78 is 0. The van der Waals surface area contributed by atoms with Crippen LogP contribution in [0.4, 0.5) is 0 Å². The normalized spacial score (nSPS) is 13.6. The average molecular weight is 290 g/mol. The van der Waals surface area contributed by atoms with Crippen molar-refractivity contribution in [3.8, 4) is 0 Å². The molecule has 1 aromatic rings. The largest absolute Gasteiger partial charge is 0.352 e. The van der Waals surface area contributed by atoms with Gasteiger partial charge in [0, 0.05) is 6.04 Å². The van der Waals surface area contributed by atoms with Crippen molar-refractivity contribution < 1.29 is 9.59 Å². The summed E-state index contributed by atoms with van der Waals surface area (Å²) in [7, 11) is 0. The van der Waals surface area contributed by atoms with E-state index in [1.54, 1.807) is 0 Å². The molecular formula is C17H26N2O2. The third kappa shape index (κ3) is 5.98. The van der Waals surface area contributed by atoms with Gasteiger partial charge in [0.05, 0.1) is 6.42 Å². The van der Waals surface area contributed by atoms with E-state index >= 15 is 0 Å². The first-order valence-electron chi connectivity index (χ1n) is 7.57. The molecular weight excluding hydrogens is 264 g/mol. The first kappa shape index (κ1) is 17.2. The van der Waals surface area contributed by atoms with Gasteiger partial charge in [-0.3, -0.25) is 9.59 Å². The minimum absolute atomic E-state index is 0.0498. The highest BCUT2D eigenvalue weighted by Crippen LogP contribution is 2.05. The van der Waals surface area contributed by atoms with Gasteiger partial charge < -0.3 is 10.6 Å². The van der Waals surface area contributed by atoms with Gasteiger partial charge in [-0.15, -0.1) is 0 Å². The van der Waals surface area contributed by atoms with Crippen molar-refractivity contribution in [1.82, 2.24) is 10.6 Å². The molecule has 0 fully saturated rings. The Morgan fingerprint density at radius 3 is 2.19 bits per heavy atom. The molecule has 0 heterocycles. The number of carbonyl (C=O) groups is 2. The molecule has 0 aliphatic rings. The van der Waals surface area contributed by atoms with Crippen LogP contribution in [0.3, 0.4) is 0 Å². The molecule has 21 heavy (non-hydrogen) atoms. The van der Waals surface area contributed by atoms with E-state index in [0.29, 0.717) is 6.42 Å². The van der Waals surface area contributed by atoms with Crippen LogP contribution >= 0.6 is 0 Å². The molecule has 0 aromatic heterocycles. The maximum atomic E-state index is 12.2. The minimum Gasteiger partial charge on any atom is -0.352 e. The van der Waals surface area contributed by atoms with Crippen molar-refractivity contribution in [2.75, 3.05) is 0 Å². The van der Waals surface area contributed by atoms with Crippen molar-refractivity contribution in [2.45, 2.75) is 52.6 Å². The van der Waals surface area contributed by atoms with Gasteiger partial charge in [0.25, 0.3) is 0 Å². The van der Waals surface area contributed by atoms with Crippen LogP contribution < -0.4 is 10.6 Å². The van der Waals surface area contributed by atoms with Gasteiger partial charge in [-0.2, -0.15) is 0 Å². The van der Waals surface area contributed by atoms with Crippen LogP contribution in [0.25, 0.3) is 0 Å². The van der Waals surface area contributed by atoms with Crippen molar-refractivity contribution in [3.63, 3.8) is 0 Å². The van der Waals surface area contributed by atoms with E-state index in [1.807, 2.05) is 58.0 Å². The summed E-state index contributed by atoms with van der Waals surface area (Å²) in [4.78, 5) is 24.3. The van der Waals surface area contributed by atoms with E-state index in [1.165, 1.54) is 0 Å². The highest BCUT2D eigenvalue weighted by Gasteiger charge is 2.24. The van der Waals surface area contributed by atoms with Crippen LogP contribution in [0.15, 0.2) is 30.3 Å². The summed E-state index contributed by atoms with van der Waals surface area (Å²) in [5.74, 6) is -0.186. The Labute approximate surface area is 127 Å². The predicted octanol–water partition coefficient (Wildman–Crippen LogP) is 2.28. The number of rotatable bonds is 7. The molecule has 2 amide bonds. The maximum Gasteiger partial charge on any atom is 0.243 e. The zero-order valence-electron chi connectivity index (χ0n) is 13.3. The van der Waals surface area contributed by atoms with E-state index < -0.39 is 6.04 Å². The van der Waals surface area contributed by atoms with Crippen LogP contribution in [0, 0.1) is 5.92 Å². The Balaban J connectivity index is 2.61. The first-order valence-corrected chi connectivity index (χ1v) is 7.57. The molecule has 2 N–H and O–H groups in total. The summed E-state index contributed by atoms with van der Waals surface area (Å²) in [5, 5.41) is 5.77. The van der Waals surface area contributed by atoms with Crippen molar-refractivity contribution in [1.29, 1.82) is 0 Å². The lowest BCUT2D eigenvalue weighted by Gasteiger charge is -2.23. The molecule has 0 radical (unpaired) electrons. The zero-order chi connectivity index (χ0) is 15.8. The summed E-state index contributed by atoms with van der Waals surface area (Å²) in [5.41, 5.74) is 0.944. The van der Waals surface area contributed by atoms with Gasteiger partial charge in [0.15, 0.2) is 0 Å². The molecule has 4 heteroatoms. The molecule has 0 saturated carbocycles. The van der Waals surface area contributed by atoms with Crippen LogP contribution in [0.1, 0.15) is 39.7 Å². The standard InChI is InChI=1S/C17H26N2O2/c1-5-13(4)18-17(21)16(12(2)3)19-15(20)11-14-9-7-6-8-10-14/h6-10,12-13,16H,5,11H2,1-4H3,(H,18,21)(H,19,20). The van der Waals surface area contributed by atoms with E-state index in [-0.39, 0.29) is 23.8 Å². The van der Waals surface area contributed by atoms with E-state index in [9.17, 15) is 9.59 Å². The lowest BCUT2D eigenvalue weighted by Crippen LogP contribution is -2.51. The lowest BCUT2D eigenvalue weighted by molar-refractivity contribution is -0.130. The molecule has 116 valence electrons. The molecule has 2 atom stereocenters. The Hall–Kier alpha value is -1.84. The number of nitrogens with one attached hydrogen (secondary N) is 2. The summed E-state index contributed by atoms with van der Waals surface area (Å²) in [6.07, 6.45) is 1.16. The molecule has 4 nitrogen and oxygen atoms in total. The average Bonchev–Trinajstić information content (AvgIpc) is 2.45. The molecule has 0 aliphatic carbocycles. The predicted molar refractivity (Wildman–Crippen MR) is 84.8 cm³/mol. The van der Waals surface area contributed by atoms with Gasteiger partial charge in [0.1, 0.15) is 6.04 Å². The monoisotopic (exact) mass is 290 g/mol. The summed E-state index contributed by atoms with van der Waals surface area (Å²) in [6.45, 7) is 7.84. The summed E-state index contributed by atoms with van der Waals surface area (Å²) in [6, 6.07) is 9.15. The third-order valence-corrected chi connectivity index (χ3v) is 3.47. The highest BCUT2D eigenvalue weighted by molar-refractivity contribution is 5.88. The lowest BCUT2D eigenvalue weighted by atomic mass is 10.0. The topological polar surface area (TPSA) is 58.2 Å². The number of carbonyl (C=O) groups excluding carboxylic acids is 2. The van der Waals surface area contributed by atoms with Gasteiger partial charge in [-0.05, 0) is 24.8 Å². The number of hydrogen-bond donors (Lipinski definition) is 2. The minimum atomic E-state index is -0.491. The van der Waals surface area contributed by atoms with E-state index in [0.717, 1.165) is 12.0 Å². The second kappa shape index (κ2) is 8.45. The Morgan fingerprint density at radius 2 is 1.67 bits per heavy atom. The number of benzene rings is 1. The Kier molecular flexibility index (Phi) is 6.92. The van der Waals surface area contributed by atoms with Gasteiger partial charge in [-0.25, -0.2) is 0 Å². The molecule has 0 saturated heterocycles. The van der Waals surface area contributed by atoms with E-state index in [4.69, 9.17) is 0 Å². The highest BCUT2D eigenvalue weighted by atomic mass is 16.2. The smallest absolute Gasteiger partial charge is 0.243 e. The van der Waals surface area contributed by atoms with Crippen molar-refractivity contribution in [2.24, 2.45) is 5.92 Å². The van der Waals surface area contributed by atoms with Crippen LogP contribution in [-0.2, 0) is 16.0 Å². The Morgan fingerprint density at radius 1 is 1.05 bits per heavy atom. The molecule has 1 rings (SSSR count). The van der Waals surface area contributed by atoms with E-state index in [2.05, 4.69) is 10.6 Å². The fourth-order valence-electron chi connectivity index (χ4n) is 1.98. The first-order chi connectivity index (χ1) is 9.93. The second-order valence-electron chi connectivity index (χ2n) is 5.77. The van der Waals surface area contributed by atoms with Crippen LogP contribution in [0.2, 0.25) is 0 Å². The second-order valence-corrected chi connectivity index (χ2v) is 5.77. The number of amides is 2. The van der Waals surface area contributed by atoms with Gasteiger partial charge in [-0.1, -0.05) is 51.1 Å². The molecule has 2 unspecified atom stereocenters. The summed E-state index contributed by atoms with van der Waals surface area (Å²) >= 11 is 0. The fourth-order valence-corrected chi connectivity index (χ4v) is 1.98. The zero-order valence-corrected chi connectivity index (χ0v) is 13.3. The molecule has 0 spiro atoms. The third-order valence-electron chi connectivity index (χ3n) is 3.47. The number of hydrogen-bond acceptors (Lipinski definition) is 2. The maximum absolute atomic E-state index is 12.2. The SMILES string of the molecule is CCC(C)NC(=O)C(NC(=O)Cc1ccccc1)C(C)C. The van der Waals surface area contributed by atoms with Crippen LogP contribution in [0.5, 0.6) is 0 Å². The van der Waals surface area contributed by atoms with Gasteiger partial charge in [0.2, 0.25) is 11.8 Å². The molecule has 0 bridgehead atoms. The van der Waals surface area contributed by atoms with Crippen molar-refractivity contribution >= 4 is 11.8 Å². The fraction of sp³-hybridized carbons (Fsp3) is 0.529. The Bertz CT molecular complexity index is 457. The van der Waals surface area contributed by atoms with Crippen LogP contribution in [-0.4, -0.2) is 23.9 Å². The van der Waals surface area contributed by atoms with Crippen molar-refractivity contribution in [3.05, 3.63) is 35.9 Å². The molecule has 1 aromatic carbocycles. The quantitative estimate of drug-likeness (QED) is 0.809. The molecule has 0 aliphatic heterocycles. The van der Waals surface area contributed by atoms with Gasteiger partial charge >= 0.3 is 0 Å².